The third kappa shape index (κ3) is 4.24. The summed E-state index contributed by atoms with van der Waals surface area (Å²) in [7, 11) is 1.85. The summed E-state index contributed by atoms with van der Waals surface area (Å²) in [6.07, 6.45) is 1.88. The van der Waals surface area contributed by atoms with Gasteiger partial charge < -0.3 is 0 Å². The van der Waals surface area contributed by atoms with Crippen LogP contribution in [0, 0.1) is 18.8 Å². The molecule has 0 unspecified atom stereocenters. The molecule has 0 bridgehead atoms. The van der Waals surface area contributed by atoms with Crippen LogP contribution < -0.4 is 0 Å². The number of hydrogen-bond donors (Lipinski definition) is 0. The van der Waals surface area contributed by atoms with Crippen molar-refractivity contribution in [3.05, 3.63) is 65.0 Å². The Labute approximate surface area is 137 Å². The monoisotopic (exact) mass is 313 g/mol. The van der Waals surface area contributed by atoms with Crippen molar-refractivity contribution in [3.63, 3.8) is 0 Å². The SMILES string of the molecule is C=CCN(CC#Cc1ccccc1)Cc1c(C)nn(C)c1Cl. The van der Waals surface area contributed by atoms with Crippen LogP contribution >= 0.6 is 11.6 Å². The Balaban J connectivity index is 2.07. The van der Waals surface area contributed by atoms with Gasteiger partial charge in [0.25, 0.3) is 0 Å². The zero-order valence-electron chi connectivity index (χ0n) is 13.0. The lowest BCUT2D eigenvalue weighted by atomic mass is 10.2. The average Bonchev–Trinajstić information content (AvgIpc) is 2.75. The Morgan fingerprint density at radius 3 is 2.68 bits per heavy atom. The van der Waals surface area contributed by atoms with Gasteiger partial charge in [-0.1, -0.05) is 47.7 Å². The molecule has 0 saturated carbocycles. The van der Waals surface area contributed by atoms with E-state index in [2.05, 4.69) is 28.4 Å². The Morgan fingerprint density at radius 1 is 1.36 bits per heavy atom. The number of benzene rings is 1. The summed E-state index contributed by atoms with van der Waals surface area (Å²) < 4.78 is 1.70. The second-order valence-electron chi connectivity index (χ2n) is 5.10. The number of rotatable bonds is 5. The maximum atomic E-state index is 6.30. The molecule has 1 heterocycles. The van der Waals surface area contributed by atoms with Crippen molar-refractivity contribution in [2.75, 3.05) is 13.1 Å². The predicted molar refractivity (Wildman–Crippen MR) is 91.7 cm³/mol. The van der Waals surface area contributed by atoms with E-state index < -0.39 is 0 Å². The fraction of sp³-hybridized carbons (Fsp3) is 0.278. The normalized spacial score (nSPS) is 10.4. The fourth-order valence-corrected chi connectivity index (χ4v) is 2.45. The lowest BCUT2D eigenvalue weighted by molar-refractivity contribution is 0.332. The molecule has 1 aromatic heterocycles. The molecular formula is C18H20ClN3. The highest BCUT2D eigenvalue weighted by Gasteiger charge is 2.14. The summed E-state index contributed by atoms with van der Waals surface area (Å²) in [5.74, 6) is 6.38. The maximum absolute atomic E-state index is 6.30. The van der Waals surface area contributed by atoms with Gasteiger partial charge in [0.05, 0.1) is 12.2 Å². The van der Waals surface area contributed by atoms with Crippen molar-refractivity contribution in [1.82, 2.24) is 14.7 Å². The fourth-order valence-electron chi connectivity index (χ4n) is 2.22. The summed E-state index contributed by atoms with van der Waals surface area (Å²) in [6.45, 7) is 7.92. The van der Waals surface area contributed by atoms with Crippen molar-refractivity contribution < 1.29 is 0 Å². The molecule has 0 saturated heterocycles. The van der Waals surface area contributed by atoms with Crippen molar-refractivity contribution in [2.45, 2.75) is 13.5 Å². The minimum absolute atomic E-state index is 0.658. The predicted octanol–water partition coefficient (Wildman–Crippen LogP) is 3.42. The van der Waals surface area contributed by atoms with Gasteiger partial charge >= 0.3 is 0 Å². The molecule has 3 nitrogen and oxygen atoms in total. The van der Waals surface area contributed by atoms with Crippen LogP contribution in [0.4, 0.5) is 0 Å². The average molecular weight is 314 g/mol. The Morgan fingerprint density at radius 2 is 2.09 bits per heavy atom. The highest BCUT2D eigenvalue weighted by atomic mass is 35.5. The van der Waals surface area contributed by atoms with Crippen LogP contribution in [0.25, 0.3) is 0 Å². The summed E-state index contributed by atoms with van der Waals surface area (Å²) in [5.41, 5.74) is 3.03. The standard InChI is InChI=1S/C18H20ClN3/c1-4-12-22(13-8-11-16-9-6-5-7-10-16)14-17-15(2)20-21(3)18(17)19/h4-7,9-10H,1,12-14H2,2-3H3. The van der Waals surface area contributed by atoms with Crippen molar-refractivity contribution in [1.29, 1.82) is 0 Å². The van der Waals surface area contributed by atoms with Crippen molar-refractivity contribution in [2.24, 2.45) is 7.05 Å². The van der Waals surface area contributed by atoms with E-state index in [1.54, 1.807) is 4.68 Å². The van der Waals surface area contributed by atoms with Crippen LogP contribution in [-0.2, 0) is 13.6 Å². The van der Waals surface area contributed by atoms with E-state index in [0.717, 1.165) is 23.4 Å². The second kappa shape index (κ2) is 7.84. The number of aryl methyl sites for hydroxylation is 2. The first-order chi connectivity index (χ1) is 10.6. The molecule has 0 N–H and O–H groups in total. The van der Waals surface area contributed by atoms with E-state index in [-0.39, 0.29) is 0 Å². The van der Waals surface area contributed by atoms with Gasteiger partial charge in [0.1, 0.15) is 5.15 Å². The molecule has 4 heteroatoms. The van der Waals surface area contributed by atoms with Gasteiger partial charge in [-0.25, -0.2) is 0 Å². The number of aromatic nitrogens is 2. The Kier molecular flexibility index (Phi) is 5.83. The summed E-state index contributed by atoms with van der Waals surface area (Å²) in [5, 5.41) is 5.03. The van der Waals surface area contributed by atoms with Gasteiger partial charge in [0, 0.05) is 31.3 Å². The third-order valence-electron chi connectivity index (χ3n) is 3.35. The smallest absolute Gasteiger partial charge is 0.131 e. The summed E-state index contributed by atoms with van der Waals surface area (Å²) in [6, 6.07) is 9.98. The molecule has 0 aliphatic heterocycles. The van der Waals surface area contributed by atoms with Crippen LogP contribution in [0.1, 0.15) is 16.8 Å². The minimum atomic E-state index is 0.658. The Bertz CT molecular complexity index is 692. The van der Waals surface area contributed by atoms with Gasteiger partial charge in [-0.15, -0.1) is 6.58 Å². The molecule has 0 amide bonds. The molecule has 114 valence electrons. The molecular weight excluding hydrogens is 294 g/mol. The lowest BCUT2D eigenvalue weighted by Gasteiger charge is -2.17. The third-order valence-corrected chi connectivity index (χ3v) is 3.82. The highest BCUT2D eigenvalue weighted by molar-refractivity contribution is 6.30. The maximum Gasteiger partial charge on any atom is 0.131 e. The van der Waals surface area contributed by atoms with E-state index in [1.165, 1.54) is 0 Å². The van der Waals surface area contributed by atoms with Crippen LogP contribution in [0.3, 0.4) is 0 Å². The second-order valence-corrected chi connectivity index (χ2v) is 5.46. The van der Waals surface area contributed by atoms with Gasteiger partial charge in [0.2, 0.25) is 0 Å². The van der Waals surface area contributed by atoms with Crippen molar-refractivity contribution in [3.8, 4) is 11.8 Å². The summed E-state index contributed by atoms with van der Waals surface area (Å²) >= 11 is 6.30. The zero-order chi connectivity index (χ0) is 15.9. The first-order valence-electron chi connectivity index (χ1n) is 7.17. The molecule has 0 aliphatic carbocycles. The molecule has 2 rings (SSSR count). The lowest BCUT2D eigenvalue weighted by Crippen LogP contribution is -2.24. The molecule has 0 spiro atoms. The van der Waals surface area contributed by atoms with E-state index in [4.69, 9.17) is 11.6 Å². The van der Waals surface area contributed by atoms with E-state index in [0.29, 0.717) is 18.2 Å². The molecule has 0 atom stereocenters. The molecule has 0 fully saturated rings. The van der Waals surface area contributed by atoms with Gasteiger partial charge in [0.15, 0.2) is 0 Å². The van der Waals surface area contributed by atoms with Gasteiger partial charge in [-0.3, -0.25) is 9.58 Å². The van der Waals surface area contributed by atoms with Crippen molar-refractivity contribution >= 4 is 11.6 Å². The molecule has 0 radical (unpaired) electrons. The molecule has 22 heavy (non-hydrogen) atoms. The van der Waals surface area contributed by atoms with Gasteiger partial charge in [-0.05, 0) is 19.1 Å². The van der Waals surface area contributed by atoms with Gasteiger partial charge in [-0.2, -0.15) is 5.10 Å². The first kappa shape index (κ1) is 16.4. The number of halogens is 1. The van der Waals surface area contributed by atoms with E-state index >= 15 is 0 Å². The first-order valence-corrected chi connectivity index (χ1v) is 7.54. The highest BCUT2D eigenvalue weighted by Crippen LogP contribution is 2.20. The zero-order valence-corrected chi connectivity index (χ0v) is 13.8. The summed E-state index contributed by atoms with van der Waals surface area (Å²) in [4.78, 5) is 2.19. The van der Waals surface area contributed by atoms with Crippen LogP contribution in [-0.4, -0.2) is 27.8 Å². The molecule has 1 aromatic carbocycles. The van der Waals surface area contributed by atoms with E-state index in [1.807, 2.05) is 50.4 Å². The van der Waals surface area contributed by atoms with Crippen LogP contribution in [0.5, 0.6) is 0 Å². The van der Waals surface area contributed by atoms with Crippen LogP contribution in [0.2, 0.25) is 5.15 Å². The molecule has 0 aliphatic rings. The largest absolute Gasteiger partial charge is 0.284 e. The Hall–Kier alpha value is -2.02. The molecule has 2 aromatic rings. The van der Waals surface area contributed by atoms with E-state index in [9.17, 15) is 0 Å². The minimum Gasteiger partial charge on any atom is -0.284 e. The quantitative estimate of drug-likeness (QED) is 0.623. The van der Waals surface area contributed by atoms with Crippen LogP contribution in [0.15, 0.2) is 43.0 Å². The topological polar surface area (TPSA) is 21.1 Å². The number of hydrogen-bond acceptors (Lipinski definition) is 2. The number of nitrogens with zero attached hydrogens (tertiary/aromatic N) is 3.